The predicted molar refractivity (Wildman–Crippen MR) is 109 cm³/mol. The number of hydrogen-bond donors (Lipinski definition) is 1. The maximum atomic E-state index is 12.6. The number of thiazole rings is 1. The number of pyridine rings is 1. The Morgan fingerprint density at radius 2 is 2.14 bits per heavy atom. The molecule has 0 radical (unpaired) electrons. The molecule has 4 rings (SSSR count). The summed E-state index contributed by atoms with van der Waals surface area (Å²) >= 11 is 1.50. The Kier molecular flexibility index (Phi) is 5.59. The van der Waals surface area contributed by atoms with Gasteiger partial charge in [0.25, 0.3) is 5.91 Å². The Morgan fingerprint density at radius 3 is 2.86 bits per heavy atom. The number of fused-ring (bicyclic) bond motifs is 1. The standard InChI is InChI=1S/C20H24N4O3S/c1-3-19-22-16(12-28-19)20(25)23-15-11-24-10-14(13-5-7-26-8-6-13)21-18(24)9-17(15)27-4-2/h9-13H,3-8H2,1-2H3,(H,23,25). The number of carbonyl (C=O) groups excluding carboxylic acids is 1. The summed E-state index contributed by atoms with van der Waals surface area (Å²) in [5, 5.41) is 5.67. The quantitative estimate of drug-likeness (QED) is 0.679. The first kappa shape index (κ1) is 18.9. The molecule has 1 aliphatic heterocycles. The summed E-state index contributed by atoms with van der Waals surface area (Å²) in [4.78, 5) is 21.8. The highest BCUT2D eigenvalue weighted by atomic mass is 32.1. The molecule has 7 nitrogen and oxygen atoms in total. The summed E-state index contributed by atoms with van der Waals surface area (Å²) in [7, 11) is 0. The highest BCUT2D eigenvalue weighted by Crippen LogP contribution is 2.31. The molecule has 1 aliphatic rings. The predicted octanol–water partition coefficient (Wildman–Crippen LogP) is 3.90. The van der Waals surface area contributed by atoms with E-state index in [9.17, 15) is 4.79 Å². The van der Waals surface area contributed by atoms with E-state index in [0.717, 1.165) is 48.8 Å². The van der Waals surface area contributed by atoms with Gasteiger partial charge in [0.05, 0.1) is 17.3 Å². The zero-order chi connectivity index (χ0) is 19.5. The van der Waals surface area contributed by atoms with Crippen LogP contribution in [0.25, 0.3) is 5.65 Å². The molecular formula is C20H24N4O3S. The van der Waals surface area contributed by atoms with Crippen LogP contribution in [0, 0.1) is 0 Å². The van der Waals surface area contributed by atoms with Crippen LogP contribution in [-0.4, -0.2) is 40.1 Å². The molecule has 3 aromatic heterocycles. The summed E-state index contributed by atoms with van der Waals surface area (Å²) in [5.41, 5.74) is 2.91. The second-order valence-electron chi connectivity index (χ2n) is 6.74. The third-order valence-electron chi connectivity index (χ3n) is 4.85. The van der Waals surface area contributed by atoms with Crippen molar-refractivity contribution in [1.29, 1.82) is 0 Å². The summed E-state index contributed by atoms with van der Waals surface area (Å²) in [6.07, 6.45) is 6.68. The highest BCUT2D eigenvalue weighted by Gasteiger charge is 2.20. The van der Waals surface area contributed by atoms with Crippen molar-refractivity contribution in [2.75, 3.05) is 25.1 Å². The molecule has 148 valence electrons. The molecule has 0 spiro atoms. The second kappa shape index (κ2) is 8.28. The average Bonchev–Trinajstić information content (AvgIpc) is 3.36. The summed E-state index contributed by atoms with van der Waals surface area (Å²) in [6.45, 7) is 6.00. The van der Waals surface area contributed by atoms with E-state index in [0.29, 0.717) is 29.7 Å². The number of aromatic nitrogens is 3. The Hall–Kier alpha value is -2.45. The molecule has 28 heavy (non-hydrogen) atoms. The maximum absolute atomic E-state index is 12.6. The lowest BCUT2D eigenvalue weighted by Crippen LogP contribution is -2.14. The van der Waals surface area contributed by atoms with E-state index in [1.165, 1.54) is 11.3 Å². The van der Waals surface area contributed by atoms with Crippen LogP contribution in [0.1, 0.15) is 53.8 Å². The van der Waals surface area contributed by atoms with E-state index in [-0.39, 0.29) is 5.91 Å². The number of aryl methyl sites for hydroxylation is 1. The van der Waals surface area contributed by atoms with E-state index < -0.39 is 0 Å². The van der Waals surface area contributed by atoms with Gasteiger partial charge in [0, 0.05) is 43.0 Å². The third kappa shape index (κ3) is 3.88. The van der Waals surface area contributed by atoms with Crippen LogP contribution < -0.4 is 10.1 Å². The highest BCUT2D eigenvalue weighted by molar-refractivity contribution is 7.09. The molecule has 0 atom stereocenters. The van der Waals surface area contributed by atoms with Gasteiger partial charge in [-0.15, -0.1) is 11.3 Å². The SMILES string of the molecule is CCOc1cc2nc(C3CCOCC3)cn2cc1NC(=O)c1csc(CC)n1. The van der Waals surface area contributed by atoms with Gasteiger partial charge in [-0.25, -0.2) is 9.97 Å². The Morgan fingerprint density at radius 1 is 1.32 bits per heavy atom. The van der Waals surface area contributed by atoms with Crippen molar-refractivity contribution in [3.05, 3.63) is 40.2 Å². The van der Waals surface area contributed by atoms with Crippen molar-refractivity contribution in [3.8, 4) is 5.75 Å². The lowest BCUT2D eigenvalue weighted by molar-refractivity contribution is 0.0846. The molecule has 0 saturated carbocycles. The van der Waals surface area contributed by atoms with Crippen molar-refractivity contribution in [1.82, 2.24) is 14.4 Å². The summed E-state index contributed by atoms with van der Waals surface area (Å²) in [5.74, 6) is 0.782. The number of rotatable bonds is 6. The number of nitrogens with one attached hydrogen (secondary N) is 1. The van der Waals surface area contributed by atoms with Crippen LogP contribution in [0.15, 0.2) is 23.8 Å². The fourth-order valence-corrected chi connectivity index (χ4v) is 4.08. The number of hydrogen-bond acceptors (Lipinski definition) is 6. The topological polar surface area (TPSA) is 77.8 Å². The first-order valence-corrected chi connectivity index (χ1v) is 10.5. The number of amides is 1. The first-order chi connectivity index (χ1) is 13.7. The minimum absolute atomic E-state index is 0.235. The normalized spacial score (nSPS) is 15.1. The molecule has 0 aromatic carbocycles. The van der Waals surface area contributed by atoms with Crippen molar-refractivity contribution in [2.24, 2.45) is 0 Å². The van der Waals surface area contributed by atoms with Crippen LogP contribution in [0.5, 0.6) is 5.75 Å². The third-order valence-corrected chi connectivity index (χ3v) is 5.84. The number of imidazole rings is 1. The van der Waals surface area contributed by atoms with E-state index >= 15 is 0 Å². The number of anilines is 1. The maximum Gasteiger partial charge on any atom is 0.275 e. The molecule has 0 bridgehead atoms. The van der Waals surface area contributed by atoms with Crippen LogP contribution in [0.4, 0.5) is 5.69 Å². The average molecular weight is 401 g/mol. The van der Waals surface area contributed by atoms with Gasteiger partial charge in [0.2, 0.25) is 0 Å². The molecule has 3 aromatic rings. The zero-order valence-corrected chi connectivity index (χ0v) is 16.9. The Bertz CT molecular complexity index is 975. The van der Waals surface area contributed by atoms with Crippen LogP contribution in [0.3, 0.4) is 0 Å². The van der Waals surface area contributed by atoms with E-state index in [1.807, 2.05) is 36.7 Å². The van der Waals surface area contributed by atoms with Gasteiger partial charge in [-0.2, -0.15) is 0 Å². The van der Waals surface area contributed by atoms with Gasteiger partial charge in [-0.3, -0.25) is 4.79 Å². The smallest absolute Gasteiger partial charge is 0.275 e. The molecule has 4 heterocycles. The molecule has 0 unspecified atom stereocenters. The summed E-state index contributed by atoms with van der Waals surface area (Å²) in [6, 6.07) is 1.88. The fourth-order valence-electron chi connectivity index (χ4n) is 3.36. The lowest BCUT2D eigenvalue weighted by atomic mass is 9.97. The van der Waals surface area contributed by atoms with Gasteiger partial charge in [0.1, 0.15) is 22.8 Å². The lowest BCUT2D eigenvalue weighted by Gasteiger charge is -2.19. The van der Waals surface area contributed by atoms with Crippen LogP contribution >= 0.6 is 11.3 Å². The van der Waals surface area contributed by atoms with E-state index in [1.54, 1.807) is 5.38 Å². The molecule has 1 fully saturated rings. The molecule has 1 amide bonds. The molecule has 8 heteroatoms. The van der Waals surface area contributed by atoms with E-state index in [4.69, 9.17) is 14.5 Å². The Labute approximate surface area is 167 Å². The van der Waals surface area contributed by atoms with Crippen molar-refractivity contribution in [3.63, 3.8) is 0 Å². The van der Waals surface area contributed by atoms with Gasteiger partial charge in [-0.05, 0) is 26.2 Å². The van der Waals surface area contributed by atoms with E-state index in [2.05, 4.69) is 10.3 Å². The molecular weight excluding hydrogens is 376 g/mol. The number of nitrogens with zero attached hydrogens (tertiary/aromatic N) is 3. The first-order valence-electron chi connectivity index (χ1n) is 9.66. The van der Waals surface area contributed by atoms with Crippen LogP contribution in [-0.2, 0) is 11.2 Å². The van der Waals surface area contributed by atoms with Gasteiger partial charge >= 0.3 is 0 Å². The largest absolute Gasteiger partial charge is 0.491 e. The minimum Gasteiger partial charge on any atom is -0.491 e. The summed E-state index contributed by atoms with van der Waals surface area (Å²) < 4.78 is 13.2. The minimum atomic E-state index is -0.235. The van der Waals surface area contributed by atoms with Gasteiger partial charge in [-0.1, -0.05) is 6.92 Å². The van der Waals surface area contributed by atoms with Crippen molar-refractivity contribution in [2.45, 2.75) is 39.0 Å². The van der Waals surface area contributed by atoms with Crippen molar-refractivity contribution < 1.29 is 14.3 Å². The molecule has 0 aliphatic carbocycles. The van der Waals surface area contributed by atoms with Crippen molar-refractivity contribution >= 4 is 28.6 Å². The van der Waals surface area contributed by atoms with Gasteiger partial charge < -0.3 is 19.2 Å². The Balaban J connectivity index is 1.63. The molecule has 1 saturated heterocycles. The zero-order valence-electron chi connectivity index (χ0n) is 16.1. The molecule has 1 N–H and O–H groups in total. The fraction of sp³-hybridized carbons (Fsp3) is 0.450. The number of ether oxygens (including phenoxy) is 2. The van der Waals surface area contributed by atoms with Gasteiger partial charge in [0.15, 0.2) is 0 Å². The number of carbonyl (C=O) groups is 1. The monoisotopic (exact) mass is 400 g/mol. The second-order valence-corrected chi connectivity index (χ2v) is 7.68. The van der Waals surface area contributed by atoms with Crippen LogP contribution in [0.2, 0.25) is 0 Å².